The second kappa shape index (κ2) is 5.86. The van der Waals surface area contributed by atoms with E-state index >= 15 is 0 Å². The van der Waals surface area contributed by atoms with Gasteiger partial charge < -0.3 is 5.32 Å². The van der Waals surface area contributed by atoms with Crippen LogP contribution in [0.15, 0.2) is 36.4 Å². The zero-order valence-electron chi connectivity index (χ0n) is 10.1. The monoisotopic (exact) mass is 215 g/mol. The van der Waals surface area contributed by atoms with Gasteiger partial charge in [-0.05, 0) is 56.3 Å². The number of benzene rings is 1. The molecule has 86 valence electrons. The molecule has 0 amide bonds. The van der Waals surface area contributed by atoms with Gasteiger partial charge in [-0.2, -0.15) is 0 Å². The summed E-state index contributed by atoms with van der Waals surface area (Å²) in [7, 11) is 0. The van der Waals surface area contributed by atoms with Gasteiger partial charge in [0, 0.05) is 0 Å². The van der Waals surface area contributed by atoms with Crippen LogP contribution >= 0.6 is 0 Å². The molecule has 0 aliphatic carbocycles. The molecule has 1 nitrogen and oxygen atoms in total. The molecule has 1 aliphatic heterocycles. The molecule has 0 unspecified atom stereocenters. The second-order valence-corrected chi connectivity index (χ2v) is 4.68. The molecule has 0 radical (unpaired) electrons. The van der Waals surface area contributed by atoms with Gasteiger partial charge in [-0.15, -0.1) is 0 Å². The van der Waals surface area contributed by atoms with Crippen LogP contribution in [-0.4, -0.2) is 13.1 Å². The maximum absolute atomic E-state index is 3.41. The molecule has 0 saturated carbocycles. The Bertz CT molecular complexity index is 334. The van der Waals surface area contributed by atoms with E-state index in [2.05, 4.69) is 48.6 Å². The standard InChI is InChI=1S/C15H21N/c1-13(15-5-3-2-4-6-15)7-8-14-9-11-16-12-10-14/h2-7,14,16H,8-12H2,1H3/b13-7-. The van der Waals surface area contributed by atoms with Crippen molar-refractivity contribution >= 4 is 5.57 Å². The SMILES string of the molecule is C/C(=C/CC1CCNCC1)c1ccccc1. The van der Waals surface area contributed by atoms with Crippen LogP contribution in [0.5, 0.6) is 0 Å². The molecule has 1 N–H and O–H groups in total. The van der Waals surface area contributed by atoms with Crippen LogP contribution in [0.4, 0.5) is 0 Å². The van der Waals surface area contributed by atoms with E-state index in [4.69, 9.17) is 0 Å². The quantitative estimate of drug-likeness (QED) is 0.814. The second-order valence-electron chi connectivity index (χ2n) is 4.68. The predicted molar refractivity (Wildman–Crippen MR) is 70.3 cm³/mol. The molecule has 0 aromatic heterocycles. The Morgan fingerprint density at radius 2 is 1.94 bits per heavy atom. The number of allylic oxidation sites excluding steroid dienone is 2. The van der Waals surface area contributed by atoms with Crippen molar-refractivity contribution in [2.75, 3.05) is 13.1 Å². The summed E-state index contributed by atoms with van der Waals surface area (Å²) in [5.74, 6) is 0.889. The van der Waals surface area contributed by atoms with Crippen LogP contribution in [0, 0.1) is 5.92 Å². The van der Waals surface area contributed by atoms with E-state index in [0.717, 1.165) is 5.92 Å². The normalized spacial score (nSPS) is 18.7. The fourth-order valence-corrected chi connectivity index (χ4v) is 2.28. The summed E-state index contributed by atoms with van der Waals surface area (Å²) in [5, 5.41) is 3.41. The molecule has 0 bridgehead atoms. The van der Waals surface area contributed by atoms with Gasteiger partial charge in [0.1, 0.15) is 0 Å². The lowest BCUT2D eigenvalue weighted by atomic mass is 9.93. The van der Waals surface area contributed by atoms with Crippen molar-refractivity contribution in [2.45, 2.75) is 26.2 Å². The van der Waals surface area contributed by atoms with E-state index in [1.165, 1.54) is 43.5 Å². The highest BCUT2D eigenvalue weighted by Crippen LogP contribution is 2.20. The van der Waals surface area contributed by atoms with Crippen molar-refractivity contribution in [3.05, 3.63) is 42.0 Å². The fraction of sp³-hybridized carbons (Fsp3) is 0.467. The zero-order valence-corrected chi connectivity index (χ0v) is 10.1. The van der Waals surface area contributed by atoms with Gasteiger partial charge in [-0.3, -0.25) is 0 Å². The highest BCUT2D eigenvalue weighted by atomic mass is 14.9. The summed E-state index contributed by atoms with van der Waals surface area (Å²) < 4.78 is 0. The van der Waals surface area contributed by atoms with Crippen molar-refractivity contribution in [2.24, 2.45) is 5.92 Å². The molecule has 1 aliphatic rings. The Kier molecular flexibility index (Phi) is 4.17. The number of rotatable bonds is 3. The van der Waals surface area contributed by atoms with Gasteiger partial charge in [-0.25, -0.2) is 0 Å². The minimum Gasteiger partial charge on any atom is -0.317 e. The fourth-order valence-electron chi connectivity index (χ4n) is 2.28. The molecule has 0 atom stereocenters. The first-order valence-corrected chi connectivity index (χ1v) is 6.29. The third-order valence-electron chi connectivity index (χ3n) is 3.45. The average Bonchev–Trinajstić information content (AvgIpc) is 2.38. The first kappa shape index (κ1) is 11.4. The van der Waals surface area contributed by atoms with Gasteiger partial charge in [0.25, 0.3) is 0 Å². The number of hydrogen-bond donors (Lipinski definition) is 1. The number of hydrogen-bond acceptors (Lipinski definition) is 1. The van der Waals surface area contributed by atoms with Crippen LogP contribution in [-0.2, 0) is 0 Å². The Balaban J connectivity index is 1.91. The highest BCUT2D eigenvalue weighted by molar-refractivity contribution is 5.63. The molecule has 16 heavy (non-hydrogen) atoms. The lowest BCUT2D eigenvalue weighted by Gasteiger charge is -2.21. The molecule has 1 saturated heterocycles. The van der Waals surface area contributed by atoms with Crippen LogP contribution in [0.25, 0.3) is 5.57 Å². The predicted octanol–water partition coefficient (Wildman–Crippen LogP) is 3.48. The van der Waals surface area contributed by atoms with Crippen molar-refractivity contribution < 1.29 is 0 Å². The Morgan fingerprint density at radius 1 is 1.25 bits per heavy atom. The number of nitrogens with one attached hydrogen (secondary N) is 1. The maximum Gasteiger partial charge on any atom is -0.00462 e. The molecule has 1 aromatic carbocycles. The lowest BCUT2D eigenvalue weighted by molar-refractivity contribution is 0.378. The summed E-state index contributed by atoms with van der Waals surface area (Å²) in [6.07, 6.45) is 6.31. The Hall–Kier alpha value is -1.08. The molecule has 1 aromatic rings. The molecular formula is C15H21N. The Labute approximate surface area is 98.6 Å². The summed E-state index contributed by atoms with van der Waals surface area (Å²) in [4.78, 5) is 0. The lowest BCUT2D eigenvalue weighted by Crippen LogP contribution is -2.27. The van der Waals surface area contributed by atoms with E-state index in [9.17, 15) is 0 Å². The van der Waals surface area contributed by atoms with Gasteiger partial charge >= 0.3 is 0 Å². The van der Waals surface area contributed by atoms with E-state index in [1.807, 2.05) is 0 Å². The third kappa shape index (κ3) is 3.21. The topological polar surface area (TPSA) is 12.0 Å². The van der Waals surface area contributed by atoms with Crippen molar-refractivity contribution in [3.8, 4) is 0 Å². The van der Waals surface area contributed by atoms with Crippen molar-refractivity contribution in [1.29, 1.82) is 0 Å². The molecule has 0 spiro atoms. The Morgan fingerprint density at radius 3 is 2.62 bits per heavy atom. The van der Waals surface area contributed by atoms with Gasteiger partial charge in [0.05, 0.1) is 0 Å². The molecule has 2 rings (SSSR count). The molecule has 1 heterocycles. The van der Waals surface area contributed by atoms with Crippen LogP contribution in [0.3, 0.4) is 0 Å². The summed E-state index contributed by atoms with van der Waals surface area (Å²) in [6.45, 7) is 4.61. The first-order valence-electron chi connectivity index (χ1n) is 6.29. The van der Waals surface area contributed by atoms with E-state index in [1.54, 1.807) is 0 Å². The third-order valence-corrected chi connectivity index (χ3v) is 3.45. The van der Waals surface area contributed by atoms with Crippen molar-refractivity contribution in [3.63, 3.8) is 0 Å². The number of piperidine rings is 1. The van der Waals surface area contributed by atoms with E-state index < -0.39 is 0 Å². The summed E-state index contributed by atoms with van der Waals surface area (Å²) >= 11 is 0. The smallest absolute Gasteiger partial charge is 0.00462 e. The molecular weight excluding hydrogens is 194 g/mol. The summed E-state index contributed by atoms with van der Waals surface area (Å²) in [6, 6.07) is 10.7. The molecule has 1 fully saturated rings. The minimum atomic E-state index is 0.889. The van der Waals surface area contributed by atoms with Crippen LogP contribution in [0.2, 0.25) is 0 Å². The van der Waals surface area contributed by atoms with Gasteiger partial charge in [0.15, 0.2) is 0 Å². The highest BCUT2D eigenvalue weighted by Gasteiger charge is 2.11. The van der Waals surface area contributed by atoms with Crippen molar-refractivity contribution in [1.82, 2.24) is 5.32 Å². The zero-order chi connectivity index (χ0) is 11.2. The van der Waals surface area contributed by atoms with Gasteiger partial charge in [-0.1, -0.05) is 36.4 Å². The molecule has 1 heteroatoms. The average molecular weight is 215 g/mol. The first-order chi connectivity index (χ1) is 7.86. The largest absolute Gasteiger partial charge is 0.317 e. The van der Waals surface area contributed by atoms with Gasteiger partial charge in [0.2, 0.25) is 0 Å². The minimum absolute atomic E-state index is 0.889. The van der Waals surface area contributed by atoms with E-state index in [-0.39, 0.29) is 0 Å². The van der Waals surface area contributed by atoms with Crippen LogP contribution < -0.4 is 5.32 Å². The van der Waals surface area contributed by atoms with Crippen LogP contribution in [0.1, 0.15) is 31.7 Å². The summed E-state index contributed by atoms with van der Waals surface area (Å²) in [5.41, 5.74) is 2.77. The maximum atomic E-state index is 3.41. The van der Waals surface area contributed by atoms with E-state index in [0.29, 0.717) is 0 Å².